The molecule has 0 aliphatic carbocycles. The molecule has 0 amide bonds. The van der Waals surface area contributed by atoms with Gasteiger partial charge in [0.25, 0.3) is 0 Å². The zero-order valence-electron chi connectivity index (χ0n) is 11.5. The molecule has 2 rings (SSSR count). The molecular weight excluding hydrogens is 319 g/mol. The third-order valence-corrected chi connectivity index (χ3v) is 3.24. The lowest BCUT2D eigenvalue weighted by Gasteiger charge is -1.99. The molecule has 0 aromatic heterocycles. The van der Waals surface area contributed by atoms with Crippen molar-refractivity contribution >= 4 is 35.5 Å². The summed E-state index contributed by atoms with van der Waals surface area (Å²) in [5.41, 5.74) is 2.20. The summed E-state index contributed by atoms with van der Waals surface area (Å²) in [5.74, 6) is 0. The maximum Gasteiger partial charge on any atom is 0.142 e. The van der Waals surface area contributed by atoms with Crippen molar-refractivity contribution in [2.45, 2.75) is 6.61 Å². The van der Waals surface area contributed by atoms with Crippen molar-refractivity contribution in [3.63, 3.8) is 0 Å². The van der Waals surface area contributed by atoms with E-state index in [1.165, 1.54) is 6.21 Å². The normalized spacial score (nSPS) is 11.4. The van der Waals surface area contributed by atoms with Crippen LogP contribution in [0.15, 0.2) is 59.3 Å². The molecule has 0 aliphatic rings. The average molecular weight is 331 g/mol. The molecule has 0 N–H and O–H groups in total. The number of benzene rings is 2. The molecule has 0 saturated heterocycles. The van der Waals surface area contributed by atoms with Gasteiger partial charge in [0.1, 0.15) is 12.7 Å². The quantitative estimate of drug-likeness (QED) is 0.434. The second kappa shape index (κ2) is 8.23. The molecule has 0 atom stereocenters. The number of hydrogen-bond acceptors (Lipinski definition) is 3. The fraction of sp³-hybridized carbons (Fsp3) is 0.0588. The van der Waals surface area contributed by atoms with Crippen molar-refractivity contribution in [3.05, 3.63) is 75.3 Å². The molecule has 0 radical (unpaired) electrons. The second-order valence-electron chi connectivity index (χ2n) is 4.40. The third kappa shape index (κ3) is 5.25. The Bertz CT molecular complexity index is 714. The minimum absolute atomic E-state index is 0.313. The topological polar surface area (TPSA) is 45.4 Å². The van der Waals surface area contributed by atoms with Gasteiger partial charge >= 0.3 is 0 Å². The van der Waals surface area contributed by atoms with Gasteiger partial charge in [0.15, 0.2) is 0 Å². The molecule has 0 bridgehead atoms. The number of allylic oxidation sites excluding steroid dienone is 1. The number of nitriles is 1. The maximum absolute atomic E-state index is 9.08. The largest absolute Gasteiger partial charge is 0.391 e. The summed E-state index contributed by atoms with van der Waals surface area (Å²) in [5, 5.41) is 14.2. The van der Waals surface area contributed by atoms with Crippen molar-refractivity contribution in [1.82, 2.24) is 0 Å². The molecule has 5 heteroatoms. The molecular formula is C17H12Cl2N2O. The molecule has 0 heterocycles. The SMILES string of the molecule is N#CC(=C\c1ccc(Cl)cc1)/C=N/OCc1ccc(Cl)cc1. The summed E-state index contributed by atoms with van der Waals surface area (Å²) in [6, 6.07) is 16.5. The van der Waals surface area contributed by atoms with E-state index < -0.39 is 0 Å². The van der Waals surface area contributed by atoms with Gasteiger partial charge in [-0.2, -0.15) is 5.26 Å². The third-order valence-electron chi connectivity index (χ3n) is 2.73. The van der Waals surface area contributed by atoms with Gasteiger partial charge in [-0.15, -0.1) is 0 Å². The van der Waals surface area contributed by atoms with Crippen LogP contribution in [-0.2, 0) is 11.4 Å². The first-order valence-corrected chi connectivity index (χ1v) is 7.20. The van der Waals surface area contributed by atoms with Crippen LogP contribution < -0.4 is 0 Å². The van der Waals surface area contributed by atoms with Gasteiger partial charge in [-0.3, -0.25) is 0 Å². The van der Waals surface area contributed by atoms with E-state index in [-0.39, 0.29) is 0 Å². The van der Waals surface area contributed by atoms with E-state index in [1.54, 1.807) is 30.3 Å². The van der Waals surface area contributed by atoms with Gasteiger partial charge < -0.3 is 4.84 Å². The van der Waals surface area contributed by atoms with Crippen LogP contribution in [-0.4, -0.2) is 6.21 Å². The highest BCUT2D eigenvalue weighted by Crippen LogP contribution is 2.12. The number of rotatable bonds is 5. The highest BCUT2D eigenvalue weighted by molar-refractivity contribution is 6.30. The van der Waals surface area contributed by atoms with Gasteiger partial charge in [-0.05, 0) is 41.5 Å². The predicted octanol–water partition coefficient (Wildman–Crippen LogP) is 5.10. The Morgan fingerprint density at radius 2 is 1.64 bits per heavy atom. The van der Waals surface area contributed by atoms with Crippen LogP contribution in [0.3, 0.4) is 0 Å². The van der Waals surface area contributed by atoms with E-state index in [1.807, 2.05) is 24.3 Å². The van der Waals surface area contributed by atoms with Crippen LogP contribution >= 0.6 is 23.2 Å². The van der Waals surface area contributed by atoms with Crippen molar-refractivity contribution in [3.8, 4) is 6.07 Å². The summed E-state index contributed by atoms with van der Waals surface area (Å²) in [4.78, 5) is 5.16. The fourth-order valence-corrected chi connectivity index (χ4v) is 1.88. The molecule has 2 aromatic rings. The first-order valence-electron chi connectivity index (χ1n) is 6.44. The maximum atomic E-state index is 9.08. The fourth-order valence-electron chi connectivity index (χ4n) is 1.62. The monoisotopic (exact) mass is 330 g/mol. The molecule has 0 fully saturated rings. The zero-order valence-corrected chi connectivity index (χ0v) is 13.1. The molecule has 2 aromatic carbocycles. The van der Waals surface area contributed by atoms with Crippen LogP contribution in [0.5, 0.6) is 0 Å². The number of oxime groups is 1. The zero-order chi connectivity index (χ0) is 15.8. The molecule has 110 valence electrons. The van der Waals surface area contributed by atoms with E-state index in [0.29, 0.717) is 22.2 Å². The van der Waals surface area contributed by atoms with E-state index in [0.717, 1.165) is 11.1 Å². The average Bonchev–Trinajstić information content (AvgIpc) is 2.54. The molecule has 0 unspecified atom stereocenters. The minimum atomic E-state index is 0.313. The van der Waals surface area contributed by atoms with E-state index in [4.69, 9.17) is 33.3 Å². The first kappa shape index (κ1) is 16.1. The van der Waals surface area contributed by atoms with Crippen LogP contribution in [0.4, 0.5) is 0 Å². The predicted molar refractivity (Wildman–Crippen MR) is 89.8 cm³/mol. The van der Waals surface area contributed by atoms with E-state index in [9.17, 15) is 0 Å². The Kier molecular flexibility index (Phi) is 6.02. The van der Waals surface area contributed by atoms with Gasteiger partial charge in [-0.25, -0.2) is 0 Å². The summed E-state index contributed by atoms with van der Waals surface area (Å²) < 4.78 is 0. The molecule has 0 aliphatic heterocycles. The van der Waals surface area contributed by atoms with Crippen molar-refractivity contribution in [2.24, 2.45) is 5.16 Å². The summed E-state index contributed by atoms with van der Waals surface area (Å²) >= 11 is 11.6. The highest BCUT2D eigenvalue weighted by atomic mass is 35.5. The molecule has 0 spiro atoms. The Morgan fingerprint density at radius 3 is 2.23 bits per heavy atom. The van der Waals surface area contributed by atoms with Crippen LogP contribution in [0.1, 0.15) is 11.1 Å². The number of hydrogen-bond donors (Lipinski definition) is 0. The highest BCUT2D eigenvalue weighted by Gasteiger charge is 1.95. The lowest BCUT2D eigenvalue weighted by atomic mass is 10.1. The van der Waals surface area contributed by atoms with Crippen molar-refractivity contribution in [1.29, 1.82) is 5.26 Å². The van der Waals surface area contributed by atoms with Crippen molar-refractivity contribution < 1.29 is 4.84 Å². The summed E-state index contributed by atoms with van der Waals surface area (Å²) in [6.45, 7) is 0.313. The van der Waals surface area contributed by atoms with Crippen LogP contribution in [0, 0.1) is 11.3 Å². The lowest BCUT2D eigenvalue weighted by Crippen LogP contribution is -1.88. The molecule has 3 nitrogen and oxygen atoms in total. The Morgan fingerprint density at radius 1 is 1.05 bits per heavy atom. The molecule has 22 heavy (non-hydrogen) atoms. The summed E-state index contributed by atoms with van der Waals surface area (Å²) in [6.07, 6.45) is 3.08. The van der Waals surface area contributed by atoms with Gasteiger partial charge in [0, 0.05) is 10.0 Å². The molecule has 0 saturated carbocycles. The standard InChI is InChI=1S/C17H12Cl2N2O/c18-16-5-1-13(2-6-16)9-15(10-20)11-21-22-12-14-3-7-17(19)8-4-14/h1-9,11H,12H2/b15-9+,21-11+. The lowest BCUT2D eigenvalue weighted by molar-refractivity contribution is 0.132. The first-order chi connectivity index (χ1) is 10.7. The smallest absolute Gasteiger partial charge is 0.142 e. The Hall–Kier alpha value is -2.28. The number of halogens is 2. The number of nitrogens with zero attached hydrogens (tertiary/aromatic N) is 2. The van der Waals surface area contributed by atoms with Crippen LogP contribution in [0.25, 0.3) is 6.08 Å². The minimum Gasteiger partial charge on any atom is -0.391 e. The second-order valence-corrected chi connectivity index (χ2v) is 5.27. The van der Waals surface area contributed by atoms with Gasteiger partial charge in [0.2, 0.25) is 0 Å². The van der Waals surface area contributed by atoms with Crippen molar-refractivity contribution in [2.75, 3.05) is 0 Å². The summed E-state index contributed by atoms with van der Waals surface area (Å²) in [7, 11) is 0. The van der Waals surface area contributed by atoms with Gasteiger partial charge in [-0.1, -0.05) is 52.6 Å². The Labute approximate surface area is 139 Å². The van der Waals surface area contributed by atoms with Gasteiger partial charge in [0.05, 0.1) is 11.8 Å². The van der Waals surface area contributed by atoms with E-state index in [2.05, 4.69) is 11.2 Å². The Balaban J connectivity index is 1.93. The van der Waals surface area contributed by atoms with Crippen LogP contribution in [0.2, 0.25) is 10.0 Å². The van der Waals surface area contributed by atoms with E-state index >= 15 is 0 Å².